The van der Waals surface area contributed by atoms with Crippen LogP contribution in [0.4, 0.5) is 4.39 Å². The van der Waals surface area contributed by atoms with Crippen molar-refractivity contribution in [1.82, 2.24) is 4.90 Å². The number of carbonyl (C=O) groups excluding carboxylic acids is 1. The molecular formula is C14H18FNO2. The van der Waals surface area contributed by atoms with Crippen LogP contribution in [0.2, 0.25) is 0 Å². The fourth-order valence-electron chi connectivity index (χ4n) is 2.48. The van der Waals surface area contributed by atoms with Crippen molar-refractivity contribution in [3.63, 3.8) is 0 Å². The molecule has 0 unspecified atom stereocenters. The van der Waals surface area contributed by atoms with Crippen LogP contribution in [-0.4, -0.2) is 30.0 Å². The maximum Gasteiger partial charge on any atom is 0.258 e. The molecule has 1 aromatic carbocycles. The molecule has 1 saturated heterocycles. The van der Waals surface area contributed by atoms with E-state index in [9.17, 15) is 9.18 Å². The molecule has 0 radical (unpaired) electrons. The highest BCUT2D eigenvalue weighted by molar-refractivity contribution is 5.97. The first-order valence-electron chi connectivity index (χ1n) is 6.11. The largest absolute Gasteiger partial charge is 0.496 e. The van der Waals surface area contributed by atoms with Gasteiger partial charge in [0.15, 0.2) is 0 Å². The van der Waals surface area contributed by atoms with E-state index < -0.39 is 5.82 Å². The summed E-state index contributed by atoms with van der Waals surface area (Å²) in [5, 5.41) is 0. The van der Waals surface area contributed by atoms with E-state index in [-0.39, 0.29) is 11.4 Å². The molecule has 2 rings (SSSR count). The smallest absolute Gasteiger partial charge is 0.258 e. The molecule has 1 fully saturated rings. The summed E-state index contributed by atoms with van der Waals surface area (Å²) in [5.41, 5.74) is 0.126. The lowest BCUT2D eigenvalue weighted by atomic mass is 10.0. The first kappa shape index (κ1) is 12.9. The summed E-state index contributed by atoms with van der Waals surface area (Å²) in [7, 11) is 1.49. The Kier molecular flexibility index (Phi) is 3.28. The maximum absolute atomic E-state index is 13.3. The molecule has 98 valence electrons. The van der Waals surface area contributed by atoms with Crippen molar-refractivity contribution in [2.45, 2.75) is 32.2 Å². The van der Waals surface area contributed by atoms with Crippen LogP contribution in [0.15, 0.2) is 18.2 Å². The van der Waals surface area contributed by atoms with Crippen LogP contribution < -0.4 is 4.74 Å². The summed E-state index contributed by atoms with van der Waals surface area (Å²) in [6.07, 6.45) is 1.95. The van der Waals surface area contributed by atoms with Gasteiger partial charge in [0.1, 0.15) is 11.6 Å². The van der Waals surface area contributed by atoms with Crippen molar-refractivity contribution in [3.05, 3.63) is 29.6 Å². The Morgan fingerprint density at radius 1 is 1.44 bits per heavy atom. The Bertz CT molecular complexity index is 471. The van der Waals surface area contributed by atoms with E-state index in [1.807, 2.05) is 13.8 Å². The number of amides is 1. The molecule has 0 bridgehead atoms. The predicted molar refractivity (Wildman–Crippen MR) is 67.3 cm³/mol. The Morgan fingerprint density at radius 2 is 2.17 bits per heavy atom. The third-order valence-electron chi connectivity index (χ3n) is 3.54. The lowest BCUT2D eigenvalue weighted by Crippen LogP contribution is -2.42. The molecule has 1 aromatic rings. The highest BCUT2D eigenvalue weighted by Crippen LogP contribution is 2.32. The van der Waals surface area contributed by atoms with Crippen molar-refractivity contribution in [1.29, 1.82) is 0 Å². The molecule has 18 heavy (non-hydrogen) atoms. The minimum Gasteiger partial charge on any atom is -0.496 e. The maximum atomic E-state index is 13.3. The number of carbonyl (C=O) groups is 1. The van der Waals surface area contributed by atoms with Crippen molar-refractivity contribution in [2.24, 2.45) is 0 Å². The van der Waals surface area contributed by atoms with E-state index in [0.29, 0.717) is 17.9 Å². The van der Waals surface area contributed by atoms with E-state index >= 15 is 0 Å². The minimum atomic E-state index is -0.420. The van der Waals surface area contributed by atoms with Crippen LogP contribution in [0.5, 0.6) is 5.75 Å². The molecule has 0 aromatic heterocycles. The van der Waals surface area contributed by atoms with Gasteiger partial charge >= 0.3 is 0 Å². The number of hydrogen-bond acceptors (Lipinski definition) is 2. The average Bonchev–Trinajstić information content (AvgIpc) is 2.68. The van der Waals surface area contributed by atoms with Crippen LogP contribution in [-0.2, 0) is 0 Å². The highest BCUT2D eigenvalue weighted by atomic mass is 19.1. The van der Waals surface area contributed by atoms with Gasteiger partial charge in [-0.3, -0.25) is 4.79 Å². The number of methoxy groups -OCH3 is 1. The summed E-state index contributed by atoms with van der Waals surface area (Å²) in [5.74, 6) is -0.158. The van der Waals surface area contributed by atoms with Crippen LogP contribution in [0, 0.1) is 5.82 Å². The number of benzene rings is 1. The van der Waals surface area contributed by atoms with Crippen LogP contribution in [0.3, 0.4) is 0 Å². The topological polar surface area (TPSA) is 29.5 Å². The Hall–Kier alpha value is -1.58. The zero-order valence-electron chi connectivity index (χ0n) is 11.0. The van der Waals surface area contributed by atoms with Gasteiger partial charge in [-0.1, -0.05) is 0 Å². The van der Waals surface area contributed by atoms with Gasteiger partial charge < -0.3 is 9.64 Å². The summed E-state index contributed by atoms with van der Waals surface area (Å²) in [6, 6.07) is 4.03. The van der Waals surface area contributed by atoms with Gasteiger partial charge in [-0.25, -0.2) is 4.39 Å². The van der Waals surface area contributed by atoms with Gasteiger partial charge in [0.25, 0.3) is 5.91 Å². The quantitative estimate of drug-likeness (QED) is 0.809. The standard InChI is InChI=1S/C14H18FNO2/c1-14(2)7-4-8-16(14)13(17)11-9-10(15)5-6-12(11)18-3/h5-6,9H,4,7-8H2,1-3H3. The third-order valence-corrected chi connectivity index (χ3v) is 3.54. The second kappa shape index (κ2) is 4.59. The lowest BCUT2D eigenvalue weighted by molar-refractivity contribution is 0.0648. The fourth-order valence-corrected chi connectivity index (χ4v) is 2.48. The zero-order chi connectivity index (χ0) is 13.3. The first-order valence-corrected chi connectivity index (χ1v) is 6.11. The Morgan fingerprint density at radius 3 is 2.72 bits per heavy atom. The number of nitrogens with zero attached hydrogens (tertiary/aromatic N) is 1. The second-order valence-electron chi connectivity index (χ2n) is 5.22. The average molecular weight is 251 g/mol. The fraction of sp³-hybridized carbons (Fsp3) is 0.500. The number of rotatable bonds is 2. The minimum absolute atomic E-state index is 0.158. The van der Waals surface area contributed by atoms with Crippen LogP contribution >= 0.6 is 0 Å². The monoisotopic (exact) mass is 251 g/mol. The second-order valence-corrected chi connectivity index (χ2v) is 5.22. The molecule has 0 saturated carbocycles. The molecule has 3 nitrogen and oxygen atoms in total. The van der Waals surface area contributed by atoms with Gasteiger partial charge in [-0.05, 0) is 44.9 Å². The third kappa shape index (κ3) is 2.19. The zero-order valence-corrected chi connectivity index (χ0v) is 11.0. The highest BCUT2D eigenvalue weighted by Gasteiger charge is 2.36. The van der Waals surface area contributed by atoms with Crippen LogP contribution in [0.25, 0.3) is 0 Å². The molecule has 0 spiro atoms. The Labute approximate surface area is 107 Å². The van der Waals surface area contributed by atoms with Gasteiger partial charge in [-0.15, -0.1) is 0 Å². The first-order chi connectivity index (χ1) is 8.45. The van der Waals surface area contributed by atoms with Crippen molar-refractivity contribution >= 4 is 5.91 Å². The molecule has 1 amide bonds. The molecule has 0 N–H and O–H groups in total. The van der Waals surface area contributed by atoms with Crippen LogP contribution in [0.1, 0.15) is 37.0 Å². The summed E-state index contributed by atoms with van der Waals surface area (Å²) in [4.78, 5) is 14.3. The predicted octanol–water partition coefficient (Wildman–Crippen LogP) is 2.85. The summed E-state index contributed by atoms with van der Waals surface area (Å²) in [6.45, 7) is 4.78. The van der Waals surface area contributed by atoms with E-state index in [1.54, 1.807) is 4.90 Å². The van der Waals surface area contributed by atoms with E-state index in [0.717, 1.165) is 12.8 Å². The van der Waals surface area contributed by atoms with Gasteiger partial charge in [0.05, 0.1) is 12.7 Å². The van der Waals surface area contributed by atoms with E-state index in [1.165, 1.54) is 25.3 Å². The molecule has 1 aliphatic heterocycles. The van der Waals surface area contributed by atoms with Crippen molar-refractivity contribution in [2.75, 3.05) is 13.7 Å². The van der Waals surface area contributed by atoms with Gasteiger partial charge in [-0.2, -0.15) is 0 Å². The Balaban J connectivity index is 2.37. The van der Waals surface area contributed by atoms with Crippen molar-refractivity contribution < 1.29 is 13.9 Å². The molecule has 1 aliphatic rings. The molecule has 4 heteroatoms. The number of halogens is 1. The molecule has 0 atom stereocenters. The number of ether oxygens (including phenoxy) is 1. The SMILES string of the molecule is COc1ccc(F)cc1C(=O)N1CCCC1(C)C. The number of likely N-dealkylation sites (tertiary alicyclic amines) is 1. The number of hydrogen-bond donors (Lipinski definition) is 0. The molecular weight excluding hydrogens is 233 g/mol. The van der Waals surface area contributed by atoms with Crippen molar-refractivity contribution in [3.8, 4) is 5.75 Å². The normalized spacial score (nSPS) is 17.9. The molecule has 1 heterocycles. The van der Waals surface area contributed by atoms with E-state index in [2.05, 4.69) is 0 Å². The summed E-state index contributed by atoms with van der Waals surface area (Å²) < 4.78 is 18.4. The lowest BCUT2D eigenvalue weighted by Gasteiger charge is -2.32. The van der Waals surface area contributed by atoms with E-state index in [4.69, 9.17) is 4.74 Å². The summed E-state index contributed by atoms with van der Waals surface area (Å²) >= 11 is 0. The van der Waals surface area contributed by atoms with Gasteiger partial charge in [0.2, 0.25) is 0 Å². The molecule has 0 aliphatic carbocycles. The van der Waals surface area contributed by atoms with Gasteiger partial charge in [0, 0.05) is 12.1 Å².